The van der Waals surface area contributed by atoms with Gasteiger partial charge in [0.25, 0.3) is 5.91 Å². The summed E-state index contributed by atoms with van der Waals surface area (Å²) in [6.07, 6.45) is 1.39. The molecule has 1 aromatic heterocycles. The molecule has 0 atom stereocenters. The minimum atomic E-state index is -0.257. The van der Waals surface area contributed by atoms with E-state index in [1.165, 1.54) is 18.3 Å². The summed E-state index contributed by atoms with van der Waals surface area (Å²) in [5, 5.41) is 2.79. The molecular weight excluding hydrogens is 266 g/mol. The molecule has 0 bridgehead atoms. The molecule has 21 heavy (non-hydrogen) atoms. The van der Waals surface area contributed by atoms with Crippen molar-refractivity contribution in [2.24, 2.45) is 5.73 Å². The third-order valence-corrected chi connectivity index (χ3v) is 2.83. The summed E-state index contributed by atoms with van der Waals surface area (Å²) in [6.45, 7) is 0.644. The van der Waals surface area contributed by atoms with E-state index in [-0.39, 0.29) is 18.0 Å². The normalized spacial score (nSPS) is 9.57. The van der Waals surface area contributed by atoms with E-state index in [0.717, 1.165) is 11.1 Å². The highest BCUT2D eigenvalue weighted by Gasteiger charge is 2.06. The molecule has 2 rings (SSSR count). The number of carbonyl (C=O) groups excluding carboxylic acids is 1. The van der Waals surface area contributed by atoms with Crippen molar-refractivity contribution in [3.63, 3.8) is 0 Å². The van der Waals surface area contributed by atoms with Gasteiger partial charge in [-0.05, 0) is 17.7 Å². The van der Waals surface area contributed by atoms with Crippen LogP contribution < -0.4 is 16.6 Å². The molecule has 0 unspecified atom stereocenters. The number of amides is 1. The van der Waals surface area contributed by atoms with E-state index in [2.05, 4.69) is 22.1 Å². The van der Waals surface area contributed by atoms with E-state index < -0.39 is 0 Å². The fraction of sp³-hybridized carbons (Fsp3) is 0.125. The van der Waals surface area contributed by atoms with Gasteiger partial charge in [0.1, 0.15) is 0 Å². The topological polar surface area (TPSA) is 88.0 Å². The molecule has 0 aliphatic rings. The molecule has 0 saturated heterocycles. The van der Waals surface area contributed by atoms with Gasteiger partial charge in [-0.2, -0.15) is 0 Å². The number of H-pyrrole nitrogens is 1. The number of nitrogens with one attached hydrogen (secondary N) is 2. The highest BCUT2D eigenvalue weighted by molar-refractivity contribution is 5.93. The zero-order chi connectivity index (χ0) is 15.1. The third-order valence-electron chi connectivity index (χ3n) is 2.83. The summed E-state index contributed by atoms with van der Waals surface area (Å²) >= 11 is 0. The van der Waals surface area contributed by atoms with Gasteiger partial charge >= 0.3 is 0 Å². The van der Waals surface area contributed by atoms with Crippen molar-refractivity contribution in [1.29, 1.82) is 0 Å². The van der Waals surface area contributed by atoms with E-state index in [1.54, 1.807) is 0 Å². The average molecular weight is 281 g/mol. The summed E-state index contributed by atoms with van der Waals surface area (Å²) in [6, 6.07) is 10.3. The van der Waals surface area contributed by atoms with Crippen molar-refractivity contribution in [2.45, 2.75) is 6.54 Å². The summed E-state index contributed by atoms with van der Waals surface area (Å²) in [5.41, 5.74) is 7.28. The number of carbonyl (C=O) groups is 1. The van der Waals surface area contributed by atoms with Gasteiger partial charge in [0, 0.05) is 24.4 Å². The lowest BCUT2D eigenvalue weighted by Crippen LogP contribution is -2.24. The lowest BCUT2D eigenvalue weighted by atomic mass is 10.1. The molecule has 0 spiro atoms. The molecule has 4 N–H and O–H groups in total. The second kappa shape index (κ2) is 7.08. The van der Waals surface area contributed by atoms with E-state index in [9.17, 15) is 9.59 Å². The van der Waals surface area contributed by atoms with Crippen LogP contribution in [0, 0.1) is 11.8 Å². The number of hydrogen-bond donors (Lipinski definition) is 3. The molecule has 0 fully saturated rings. The number of pyridine rings is 1. The first-order chi connectivity index (χ1) is 10.2. The van der Waals surface area contributed by atoms with Gasteiger partial charge in [0.15, 0.2) is 0 Å². The highest BCUT2D eigenvalue weighted by Crippen LogP contribution is 2.07. The van der Waals surface area contributed by atoms with Crippen LogP contribution in [-0.4, -0.2) is 17.4 Å². The minimum Gasteiger partial charge on any atom is -0.348 e. The van der Waals surface area contributed by atoms with Crippen LogP contribution in [0.3, 0.4) is 0 Å². The third kappa shape index (κ3) is 4.06. The van der Waals surface area contributed by atoms with Gasteiger partial charge in [-0.15, -0.1) is 0 Å². The lowest BCUT2D eigenvalue weighted by molar-refractivity contribution is 0.0950. The van der Waals surface area contributed by atoms with Gasteiger partial charge in [0.05, 0.1) is 12.1 Å². The van der Waals surface area contributed by atoms with Gasteiger partial charge in [-0.1, -0.05) is 30.0 Å². The highest BCUT2D eigenvalue weighted by atomic mass is 16.1. The number of hydrogen-bond acceptors (Lipinski definition) is 3. The number of aromatic nitrogens is 1. The van der Waals surface area contributed by atoms with Crippen molar-refractivity contribution in [3.05, 3.63) is 69.6 Å². The molecule has 2 aromatic rings. The average Bonchev–Trinajstić information content (AvgIpc) is 2.52. The van der Waals surface area contributed by atoms with Crippen molar-refractivity contribution in [2.75, 3.05) is 6.54 Å². The maximum absolute atomic E-state index is 12.0. The molecule has 1 heterocycles. The van der Waals surface area contributed by atoms with Crippen molar-refractivity contribution >= 4 is 5.91 Å². The number of rotatable bonds is 3. The maximum Gasteiger partial charge on any atom is 0.253 e. The second-order valence-electron chi connectivity index (χ2n) is 4.29. The van der Waals surface area contributed by atoms with Crippen LogP contribution >= 0.6 is 0 Å². The van der Waals surface area contributed by atoms with Crippen LogP contribution in [0.1, 0.15) is 21.5 Å². The van der Waals surface area contributed by atoms with Crippen LogP contribution in [0.5, 0.6) is 0 Å². The van der Waals surface area contributed by atoms with Crippen LogP contribution in [0.25, 0.3) is 0 Å². The Bertz CT molecular complexity index is 733. The molecule has 0 aliphatic heterocycles. The molecule has 0 aliphatic carbocycles. The SMILES string of the molecule is NCC#Cc1ccccc1CNC(=O)c1ccc(=O)[nH]c1. The van der Waals surface area contributed by atoms with Gasteiger partial charge in [-0.25, -0.2) is 0 Å². The number of nitrogens with two attached hydrogens (primary N) is 1. The van der Waals surface area contributed by atoms with E-state index in [4.69, 9.17) is 5.73 Å². The second-order valence-corrected chi connectivity index (χ2v) is 4.29. The van der Waals surface area contributed by atoms with Gasteiger partial charge in [0.2, 0.25) is 5.56 Å². The van der Waals surface area contributed by atoms with Crippen LogP contribution in [0.4, 0.5) is 0 Å². The molecule has 106 valence electrons. The quantitative estimate of drug-likeness (QED) is 0.720. The molecule has 0 radical (unpaired) electrons. The molecule has 0 saturated carbocycles. The van der Waals surface area contributed by atoms with Crippen molar-refractivity contribution in [3.8, 4) is 11.8 Å². The van der Waals surface area contributed by atoms with Crippen LogP contribution in [-0.2, 0) is 6.54 Å². The van der Waals surface area contributed by atoms with Crippen LogP contribution in [0.15, 0.2) is 47.4 Å². The number of aromatic amines is 1. The Morgan fingerprint density at radius 1 is 1.24 bits per heavy atom. The smallest absolute Gasteiger partial charge is 0.253 e. The molecule has 1 aromatic carbocycles. The van der Waals surface area contributed by atoms with Gasteiger partial charge in [-0.3, -0.25) is 9.59 Å². The fourth-order valence-corrected chi connectivity index (χ4v) is 1.77. The van der Waals surface area contributed by atoms with Crippen molar-refractivity contribution in [1.82, 2.24) is 10.3 Å². The summed E-state index contributed by atoms with van der Waals surface area (Å²) < 4.78 is 0. The Morgan fingerprint density at radius 2 is 2.05 bits per heavy atom. The fourth-order valence-electron chi connectivity index (χ4n) is 1.77. The molecule has 1 amide bonds. The predicted molar refractivity (Wildman–Crippen MR) is 80.6 cm³/mol. The van der Waals surface area contributed by atoms with E-state index in [1.807, 2.05) is 24.3 Å². The molecule has 5 nitrogen and oxygen atoms in total. The van der Waals surface area contributed by atoms with E-state index in [0.29, 0.717) is 12.1 Å². The maximum atomic E-state index is 12.0. The first-order valence-electron chi connectivity index (χ1n) is 6.44. The van der Waals surface area contributed by atoms with Crippen LogP contribution in [0.2, 0.25) is 0 Å². The monoisotopic (exact) mass is 281 g/mol. The van der Waals surface area contributed by atoms with Crippen molar-refractivity contribution < 1.29 is 4.79 Å². The zero-order valence-corrected chi connectivity index (χ0v) is 11.3. The molecular formula is C16H15N3O2. The summed E-state index contributed by atoms with van der Waals surface area (Å²) in [7, 11) is 0. The minimum absolute atomic E-state index is 0.242. The zero-order valence-electron chi connectivity index (χ0n) is 11.3. The predicted octanol–water partition coefficient (Wildman–Crippen LogP) is 0.615. The Kier molecular flexibility index (Phi) is 4.91. The molecule has 5 heteroatoms. The number of benzene rings is 1. The largest absolute Gasteiger partial charge is 0.348 e. The summed E-state index contributed by atoms with van der Waals surface area (Å²) in [4.78, 5) is 25.4. The Labute approximate surface area is 122 Å². The van der Waals surface area contributed by atoms with E-state index >= 15 is 0 Å². The Morgan fingerprint density at radius 3 is 2.76 bits per heavy atom. The lowest BCUT2D eigenvalue weighted by Gasteiger charge is -2.07. The standard InChI is InChI=1S/C16H15N3O2/c17-9-3-6-12-4-1-2-5-13(12)10-19-16(21)14-7-8-15(20)18-11-14/h1-2,4-5,7-8,11H,9-10,17H2,(H,18,20)(H,19,21). The Balaban J connectivity index is 2.08. The first kappa shape index (κ1) is 14.6. The first-order valence-corrected chi connectivity index (χ1v) is 6.44. The van der Waals surface area contributed by atoms with Gasteiger partial charge < -0.3 is 16.0 Å². The Hall–Kier alpha value is -2.84. The summed E-state index contributed by atoms with van der Waals surface area (Å²) in [5.74, 6) is 5.51.